The summed E-state index contributed by atoms with van der Waals surface area (Å²) in [6.45, 7) is 0.749. The fourth-order valence-corrected chi connectivity index (χ4v) is 2.61. The molecule has 0 heterocycles. The second-order valence-electron chi connectivity index (χ2n) is 5.48. The molecule has 2 aromatic carbocycles. The van der Waals surface area contributed by atoms with E-state index in [4.69, 9.17) is 4.74 Å². The first-order valence-electron chi connectivity index (χ1n) is 7.44. The molecule has 22 heavy (non-hydrogen) atoms. The van der Waals surface area contributed by atoms with Crippen LogP contribution in [0.4, 0.5) is 0 Å². The molecule has 0 bridgehead atoms. The van der Waals surface area contributed by atoms with Crippen LogP contribution >= 0.6 is 15.9 Å². The Hall–Kier alpha value is -1.81. The average Bonchev–Trinajstić information content (AvgIpc) is 3.37. The molecule has 0 unspecified atom stereocenters. The molecule has 114 valence electrons. The van der Waals surface area contributed by atoms with Gasteiger partial charge in [0.2, 0.25) is 0 Å². The van der Waals surface area contributed by atoms with E-state index in [1.807, 2.05) is 47.4 Å². The minimum atomic E-state index is 0.0503. The molecule has 4 heteroatoms. The quantitative estimate of drug-likeness (QED) is 0.779. The summed E-state index contributed by atoms with van der Waals surface area (Å²) in [7, 11) is 0. The molecule has 0 saturated heterocycles. The zero-order valence-corrected chi connectivity index (χ0v) is 13.8. The van der Waals surface area contributed by atoms with Crippen LogP contribution in [0.15, 0.2) is 59.1 Å². The number of benzene rings is 2. The van der Waals surface area contributed by atoms with Crippen molar-refractivity contribution >= 4 is 21.8 Å². The van der Waals surface area contributed by atoms with E-state index in [2.05, 4.69) is 28.1 Å². The lowest BCUT2D eigenvalue weighted by Crippen LogP contribution is -2.36. The van der Waals surface area contributed by atoms with E-state index in [0.29, 0.717) is 18.3 Å². The molecular formula is C18H18BrNO2. The maximum absolute atomic E-state index is 12.5. The van der Waals surface area contributed by atoms with E-state index in [0.717, 1.165) is 22.9 Å². The van der Waals surface area contributed by atoms with Gasteiger partial charge in [0.05, 0.1) is 0 Å². The fourth-order valence-electron chi connectivity index (χ4n) is 2.35. The van der Waals surface area contributed by atoms with Gasteiger partial charge in [0.1, 0.15) is 5.75 Å². The van der Waals surface area contributed by atoms with E-state index in [1.165, 1.54) is 0 Å². The van der Waals surface area contributed by atoms with E-state index >= 15 is 0 Å². The second-order valence-corrected chi connectivity index (χ2v) is 6.40. The van der Waals surface area contributed by atoms with Gasteiger partial charge in [-0.15, -0.1) is 0 Å². The number of halogens is 1. The topological polar surface area (TPSA) is 29.5 Å². The number of nitrogens with zero attached hydrogens (tertiary/aromatic N) is 1. The summed E-state index contributed by atoms with van der Waals surface area (Å²) in [5.41, 5.74) is 1.16. The van der Waals surface area contributed by atoms with Crippen molar-refractivity contribution in [3.8, 4) is 5.75 Å². The molecule has 0 spiro atoms. The normalized spacial score (nSPS) is 13.7. The monoisotopic (exact) mass is 359 g/mol. The first kappa shape index (κ1) is 15.1. The first-order chi connectivity index (χ1) is 10.7. The predicted molar refractivity (Wildman–Crippen MR) is 89.7 cm³/mol. The molecule has 0 aliphatic heterocycles. The second kappa shape index (κ2) is 6.97. The predicted octanol–water partition coefficient (Wildman–Crippen LogP) is 4.02. The first-order valence-corrected chi connectivity index (χ1v) is 8.23. The molecule has 0 aromatic heterocycles. The van der Waals surface area contributed by atoms with Crippen LogP contribution in [0.2, 0.25) is 0 Å². The van der Waals surface area contributed by atoms with E-state index in [-0.39, 0.29) is 12.5 Å². The lowest BCUT2D eigenvalue weighted by atomic mass is 10.2. The number of hydrogen-bond acceptors (Lipinski definition) is 2. The summed E-state index contributed by atoms with van der Waals surface area (Å²) >= 11 is 3.38. The Kier molecular flexibility index (Phi) is 4.78. The van der Waals surface area contributed by atoms with Crippen molar-refractivity contribution in [2.75, 3.05) is 6.61 Å². The van der Waals surface area contributed by atoms with Gasteiger partial charge in [0, 0.05) is 17.1 Å². The Labute approximate surface area is 139 Å². The lowest BCUT2D eigenvalue weighted by molar-refractivity contribution is -0.134. The van der Waals surface area contributed by atoms with Gasteiger partial charge in [-0.05, 0) is 42.7 Å². The van der Waals surface area contributed by atoms with Gasteiger partial charge in [-0.1, -0.05) is 46.3 Å². The van der Waals surface area contributed by atoms with Gasteiger partial charge in [-0.25, -0.2) is 0 Å². The zero-order valence-electron chi connectivity index (χ0n) is 12.2. The Balaban J connectivity index is 1.59. The Morgan fingerprint density at radius 1 is 1.09 bits per heavy atom. The maximum Gasteiger partial charge on any atom is 0.261 e. The number of hydrogen-bond donors (Lipinski definition) is 0. The molecule has 1 aliphatic carbocycles. The number of carbonyl (C=O) groups excluding carboxylic acids is 1. The molecule has 3 rings (SSSR count). The van der Waals surface area contributed by atoms with Gasteiger partial charge >= 0.3 is 0 Å². The summed E-state index contributed by atoms with van der Waals surface area (Å²) in [6, 6.07) is 18.0. The highest BCUT2D eigenvalue weighted by Crippen LogP contribution is 2.28. The Morgan fingerprint density at radius 2 is 1.77 bits per heavy atom. The smallest absolute Gasteiger partial charge is 0.261 e. The minimum Gasteiger partial charge on any atom is -0.484 e. The highest BCUT2D eigenvalue weighted by molar-refractivity contribution is 9.10. The van der Waals surface area contributed by atoms with E-state index in [1.54, 1.807) is 0 Å². The van der Waals surface area contributed by atoms with Gasteiger partial charge < -0.3 is 9.64 Å². The molecule has 1 fully saturated rings. The molecule has 0 radical (unpaired) electrons. The molecular weight excluding hydrogens is 342 g/mol. The van der Waals surface area contributed by atoms with E-state index < -0.39 is 0 Å². The van der Waals surface area contributed by atoms with Crippen LogP contribution in [0.5, 0.6) is 5.75 Å². The van der Waals surface area contributed by atoms with Gasteiger partial charge in [0.15, 0.2) is 6.61 Å². The molecule has 3 nitrogen and oxygen atoms in total. The Bertz CT molecular complexity index is 623. The average molecular weight is 360 g/mol. The van der Waals surface area contributed by atoms with Crippen LogP contribution in [0.25, 0.3) is 0 Å². The fraction of sp³-hybridized carbons (Fsp3) is 0.278. The van der Waals surface area contributed by atoms with Crippen molar-refractivity contribution in [1.29, 1.82) is 0 Å². The van der Waals surface area contributed by atoms with Crippen LogP contribution in [-0.4, -0.2) is 23.5 Å². The third kappa shape index (κ3) is 4.10. The van der Waals surface area contributed by atoms with Crippen molar-refractivity contribution in [1.82, 2.24) is 4.90 Å². The summed E-state index contributed by atoms with van der Waals surface area (Å²) in [6.07, 6.45) is 2.19. The summed E-state index contributed by atoms with van der Waals surface area (Å²) in [4.78, 5) is 14.4. The summed E-state index contributed by atoms with van der Waals surface area (Å²) in [5, 5.41) is 0. The number of rotatable bonds is 6. The number of carbonyl (C=O) groups is 1. The van der Waals surface area contributed by atoms with Crippen LogP contribution in [0.3, 0.4) is 0 Å². The number of ether oxygens (including phenoxy) is 1. The molecule has 2 aromatic rings. The Morgan fingerprint density at radius 3 is 2.41 bits per heavy atom. The maximum atomic E-state index is 12.5. The minimum absolute atomic E-state index is 0.0503. The lowest BCUT2D eigenvalue weighted by Gasteiger charge is -2.22. The van der Waals surface area contributed by atoms with Crippen LogP contribution in [0.1, 0.15) is 18.4 Å². The molecule has 1 saturated carbocycles. The van der Waals surface area contributed by atoms with E-state index in [9.17, 15) is 4.79 Å². The third-order valence-corrected chi connectivity index (χ3v) is 4.21. The third-order valence-electron chi connectivity index (χ3n) is 3.68. The van der Waals surface area contributed by atoms with Gasteiger partial charge in [-0.3, -0.25) is 4.79 Å². The molecule has 1 aliphatic rings. The van der Waals surface area contributed by atoms with Crippen molar-refractivity contribution in [3.63, 3.8) is 0 Å². The highest BCUT2D eigenvalue weighted by atomic mass is 79.9. The van der Waals surface area contributed by atoms with Gasteiger partial charge in [0.25, 0.3) is 5.91 Å². The highest BCUT2D eigenvalue weighted by Gasteiger charge is 2.32. The van der Waals surface area contributed by atoms with Gasteiger partial charge in [-0.2, -0.15) is 0 Å². The largest absolute Gasteiger partial charge is 0.484 e. The van der Waals surface area contributed by atoms with Crippen LogP contribution in [-0.2, 0) is 11.3 Å². The summed E-state index contributed by atoms with van der Waals surface area (Å²) < 4.78 is 6.60. The van der Waals surface area contributed by atoms with Crippen molar-refractivity contribution in [3.05, 3.63) is 64.6 Å². The van der Waals surface area contributed by atoms with Crippen molar-refractivity contribution in [2.45, 2.75) is 25.4 Å². The SMILES string of the molecule is O=C(COc1ccc(Br)cc1)N(Cc1ccccc1)C1CC1. The van der Waals surface area contributed by atoms with Crippen molar-refractivity contribution < 1.29 is 9.53 Å². The molecule has 1 amide bonds. The summed E-state index contributed by atoms with van der Waals surface area (Å²) in [5.74, 6) is 0.765. The molecule has 0 atom stereocenters. The van der Waals surface area contributed by atoms with Crippen molar-refractivity contribution in [2.24, 2.45) is 0 Å². The number of amides is 1. The van der Waals surface area contributed by atoms with Crippen LogP contribution < -0.4 is 4.74 Å². The zero-order chi connectivity index (χ0) is 15.4. The molecule has 0 N–H and O–H groups in total. The van der Waals surface area contributed by atoms with Crippen LogP contribution in [0, 0.1) is 0 Å². The standard InChI is InChI=1S/C18H18BrNO2/c19-15-6-10-17(11-7-15)22-13-18(21)20(16-8-9-16)12-14-4-2-1-3-5-14/h1-7,10-11,16H,8-9,12-13H2.